The van der Waals surface area contributed by atoms with E-state index in [0.29, 0.717) is 18.1 Å². The highest BCUT2D eigenvalue weighted by molar-refractivity contribution is 8.00. The zero-order valence-corrected chi connectivity index (χ0v) is 13.9. The van der Waals surface area contributed by atoms with E-state index < -0.39 is 0 Å². The Labute approximate surface area is 139 Å². The van der Waals surface area contributed by atoms with E-state index in [1.807, 2.05) is 25.1 Å². The van der Waals surface area contributed by atoms with Crippen molar-refractivity contribution in [1.82, 2.24) is 10.2 Å². The molecule has 0 bridgehead atoms. The van der Waals surface area contributed by atoms with Crippen LogP contribution in [0.5, 0.6) is 0 Å². The zero-order valence-electron chi connectivity index (χ0n) is 12.3. The van der Waals surface area contributed by atoms with Crippen molar-refractivity contribution in [2.24, 2.45) is 0 Å². The van der Waals surface area contributed by atoms with Crippen molar-refractivity contribution in [2.75, 3.05) is 24.6 Å². The first-order valence-electron chi connectivity index (χ1n) is 6.80. The van der Waals surface area contributed by atoms with Crippen LogP contribution in [0.1, 0.15) is 12.5 Å². The Morgan fingerprint density at radius 2 is 2.05 bits per heavy atom. The van der Waals surface area contributed by atoms with Gasteiger partial charge >= 0.3 is 0 Å². The Kier molecular flexibility index (Phi) is 8.41. The van der Waals surface area contributed by atoms with Gasteiger partial charge in [0.15, 0.2) is 0 Å². The molecule has 1 aromatic rings. The number of nitriles is 1. The van der Waals surface area contributed by atoms with E-state index in [1.54, 1.807) is 12.1 Å². The minimum absolute atomic E-state index is 0.0238. The van der Waals surface area contributed by atoms with Crippen LogP contribution in [0.4, 0.5) is 0 Å². The molecule has 5 nitrogen and oxygen atoms in total. The topological polar surface area (TPSA) is 73.2 Å². The van der Waals surface area contributed by atoms with Gasteiger partial charge in [0.1, 0.15) is 0 Å². The lowest BCUT2D eigenvalue weighted by Gasteiger charge is -2.20. The molecule has 22 heavy (non-hydrogen) atoms. The summed E-state index contributed by atoms with van der Waals surface area (Å²) in [5.74, 6) is 0.137. The van der Waals surface area contributed by atoms with E-state index >= 15 is 0 Å². The van der Waals surface area contributed by atoms with Crippen molar-refractivity contribution < 1.29 is 9.59 Å². The van der Waals surface area contributed by atoms with Crippen LogP contribution in [-0.4, -0.2) is 41.3 Å². The Balaban J connectivity index is 2.39. The maximum absolute atomic E-state index is 11.9. The fraction of sp³-hybridized carbons (Fsp3) is 0.400. The van der Waals surface area contributed by atoms with E-state index in [1.165, 1.54) is 16.7 Å². The molecule has 0 fully saturated rings. The number of halogens is 1. The summed E-state index contributed by atoms with van der Waals surface area (Å²) in [6.07, 6.45) is 0. The summed E-state index contributed by atoms with van der Waals surface area (Å²) in [4.78, 5) is 25.3. The SMILES string of the molecule is CCN(CC(=O)NCc1ccc(Cl)cc1)C(=O)CSCC#N. The van der Waals surface area contributed by atoms with Gasteiger partial charge in [-0.15, -0.1) is 11.8 Å². The average Bonchev–Trinajstić information content (AvgIpc) is 2.52. The first-order valence-corrected chi connectivity index (χ1v) is 8.33. The van der Waals surface area contributed by atoms with Crippen LogP contribution in [0, 0.1) is 11.3 Å². The Morgan fingerprint density at radius 3 is 2.64 bits per heavy atom. The summed E-state index contributed by atoms with van der Waals surface area (Å²) >= 11 is 7.04. The second kappa shape index (κ2) is 10.1. The monoisotopic (exact) mass is 339 g/mol. The Morgan fingerprint density at radius 1 is 1.36 bits per heavy atom. The van der Waals surface area contributed by atoms with Gasteiger partial charge in [0.2, 0.25) is 11.8 Å². The number of benzene rings is 1. The summed E-state index contributed by atoms with van der Waals surface area (Å²) in [6.45, 7) is 2.70. The van der Waals surface area contributed by atoms with Crippen LogP contribution in [0.25, 0.3) is 0 Å². The molecule has 1 N–H and O–H groups in total. The van der Waals surface area contributed by atoms with E-state index in [4.69, 9.17) is 16.9 Å². The molecule has 0 saturated carbocycles. The van der Waals surface area contributed by atoms with Crippen molar-refractivity contribution >= 4 is 35.2 Å². The molecule has 0 unspecified atom stereocenters. The van der Waals surface area contributed by atoms with E-state index in [2.05, 4.69) is 5.32 Å². The summed E-state index contributed by atoms with van der Waals surface area (Å²) in [5, 5.41) is 11.9. The minimum Gasteiger partial charge on any atom is -0.350 e. The summed E-state index contributed by atoms with van der Waals surface area (Å²) < 4.78 is 0. The normalized spacial score (nSPS) is 9.86. The lowest BCUT2D eigenvalue weighted by atomic mass is 10.2. The predicted molar refractivity (Wildman–Crippen MR) is 88.5 cm³/mol. The molecule has 1 aromatic carbocycles. The number of thioether (sulfide) groups is 1. The molecule has 0 aliphatic rings. The van der Waals surface area contributed by atoms with Crippen molar-refractivity contribution in [3.8, 4) is 6.07 Å². The lowest BCUT2D eigenvalue weighted by molar-refractivity contribution is -0.133. The van der Waals surface area contributed by atoms with Crippen LogP contribution in [0.3, 0.4) is 0 Å². The number of hydrogen-bond acceptors (Lipinski definition) is 4. The van der Waals surface area contributed by atoms with Gasteiger partial charge in [-0.05, 0) is 24.6 Å². The van der Waals surface area contributed by atoms with E-state index in [-0.39, 0.29) is 29.9 Å². The third-order valence-corrected chi connectivity index (χ3v) is 3.90. The number of nitrogens with one attached hydrogen (secondary N) is 1. The van der Waals surface area contributed by atoms with Gasteiger partial charge in [-0.2, -0.15) is 5.26 Å². The number of amides is 2. The number of rotatable bonds is 8. The molecule has 0 spiro atoms. The fourth-order valence-corrected chi connectivity index (χ4v) is 2.36. The first kappa shape index (κ1) is 18.3. The molecule has 0 aliphatic carbocycles. The smallest absolute Gasteiger partial charge is 0.239 e. The summed E-state index contributed by atoms with van der Waals surface area (Å²) in [6, 6.07) is 9.16. The van der Waals surface area contributed by atoms with Gasteiger partial charge < -0.3 is 10.2 Å². The molecule has 7 heteroatoms. The molecule has 0 atom stereocenters. The molecule has 0 aliphatic heterocycles. The van der Waals surface area contributed by atoms with Crippen molar-refractivity contribution in [3.63, 3.8) is 0 Å². The van der Waals surface area contributed by atoms with Gasteiger partial charge in [0, 0.05) is 18.1 Å². The summed E-state index contributed by atoms with van der Waals surface area (Å²) in [5.41, 5.74) is 0.941. The van der Waals surface area contributed by atoms with Crippen LogP contribution < -0.4 is 5.32 Å². The first-order chi connectivity index (χ1) is 10.6. The maximum atomic E-state index is 11.9. The number of nitrogens with zero attached hydrogens (tertiary/aromatic N) is 2. The summed E-state index contributed by atoms with van der Waals surface area (Å²) in [7, 11) is 0. The Bertz CT molecular complexity index is 543. The van der Waals surface area contributed by atoms with Gasteiger partial charge in [0.25, 0.3) is 0 Å². The molecule has 0 heterocycles. The second-order valence-corrected chi connectivity index (χ2v) is 5.88. The third-order valence-electron chi connectivity index (χ3n) is 2.86. The molecule has 0 radical (unpaired) electrons. The number of hydrogen-bond donors (Lipinski definition) is 1. The maximum Gasteiger partial charge on any atom is 0.239 e. The molecule has 1 rings (SSSR count). The molecule has 0 aromatic heterocycles. The molecule has 2 amide bonds. The van der Waals surface area contributed by atoms with E-state index in [9.17, 15) is 9.59 Å². The van der Waals surface area contributed by atoms with E-state index in [0.717, 1.165) is 5.56 Å². The predicted octanol–water partition coefficient (Wildman–Crippen LogP) is 2.06. The van der Waals surface area contributed by atoms with Gasteiger partial charge in [-0.25, -0.2) is 0 Å². The highest BCUT2D eigenvalue weighted by Crippen LogP contribution is 2.09. The van der Waals surface area contributed by atoms with Crippen LogP contribution in [0.2, 0.25) is 5.02 Å². The standard InChI is InChI=1S/C15H18ClN3O2S/c1-2-19(15(21)11-22-8-7-17)10-14(20)18-9-12-3-5-13(16)6-4-12/h3-6H,2,8-11H2,1H3,(H,18,20). The molecule has 0 saturated heterocycles. The van der Waals surface area contributed by atoms with Crippen molar-refractivity contribution in [1.29, 1.82) is 5.26 Å². The average molecular weight is 340 g/mol. The van der Waals surface area contributed by atoms with Crippen molar-refractivity contribution in [3.05, 3.63) is 34.9 Å². The quantitative estimate of drug-likeness (QED) is 0.736. The van der Waals surface area contributed by atoms with Crippen LogP contribution in [-0.2, 0) is 16.1 Å². The number of likely N-dealkylation sites (N-methyl/N-ethyl adjacent to an activating group) is 1. The van der Waals surface area contributed by atoms with Crippen molar-refractivity contribution in [2.45, 2.75) is 13.5 Å². The highest BCUT2D eigenvalue weighted by Gasteiger charge is 2.15. The van der Waals surface area contributed by atoms with Gasteiger partial charge in [-0.3, -0.25) is 9.59 Å². The second-order valence-electron chi connectivity index (χ2n) is 4.46. The van der Waals surface area contributed by atoms with Gasteiger partial charge in [-0.1, -0.05) is 23.7 Å². The minimum atomic E-state index is -0.213. The zero-order chi connectivity index (χ0) is 16.4. The number of carbonyl (C=O) groups excluding carboxylic acids is 2. The third kappa shape index (κ3) is 6.83. The van der Waals surface area contributed by atoms with Crippen LogP contribution >= 0.6 is 23.4 Å². The highest BCUT2D eigenvalue weighted by atomic mass is 35.5. The molecular formula is C15H18ClN3O2S. The largest absolute Gasteiger partial charge is 0.350 e. The Hall–Kier alpha value is -1.71. The lowest BCUT2D eigenvalue weighted by Crippen LogP contribution is -2.41. The van der Waals surface area contributed by atoms with Crippen LogP contribution in [0.15, 0.2) is 24.3 Å². The fourth-order valence-electron chi connectivity index (χ4n) is 1.68. The number of carbonyl (C=O) groups is 2. The van der Waals surface area contributed by atoms with Gasteiger partial charge in [0.05, 0.1) is 24.1 Å². The molecule has 118 valence electrons. The molecular weight excluding hydrogens is 322 g/mol.